The van der Waals surface area contributed by atoms with Crippen LogP contribution >= 0.6 is 0 Å². The highest BCUT2D eigenvalue weighted by Crippen LogP contribution is 2.37. The highest BCUT2D eigenvalue weighted by Gasteiger charge is 2.57. The van der Waals surface area contributed by atoms with Crippen molar-refractivity contribution in [3.8, 4) is 5.75 Å². The topological polar surface area (TPSA) is 49.8 Å². The summed E-state index contributed by atoms with van der Waals surface area (Å²) in [5, 5.41) is 11.6. The lowest BCUT2D eigenvalue weighted by atomic mass is 10.0. The summed E-state index contributed by atoms with van der Waals surface area (Å²) in [5.74, 6) is -0.115. The third-order valence-electron chi connectivity index (χ3n) is 4.21. The fraction of sp³-hybridized carbons (Fsp3) is 0.353. The minimum absolute atomic E-state index is 0.143. The van der Waals surface area contributed by atoms with Gasteiger partial charge in [-0.25, -0.2) is 0 Å². The van der Waals surface area contributed by atoms with Crippen molar-refractivity contribution < 1.29 is 27.8 Å². The molecule has 1 fully saturated rings. The van der Waals surface area contributed by atoms with E-state index in [4.69, 9.17) is 4.74 Å². The summed E-state index contributed by atoms with van der Waals surface area (Å²) >= 11 is 0. The molecular formula is C17H16F3NO3. The Balaban J connectivity index is 1.61. The Morgan fingerprint density at radius 1 is 1.21 bits per heavy atom. The number of alkyl halides is 3. The normalized spacial score (nSPS) is 21.2. The van der Waals surface area contributed by atoms with Gasteiger partial charge in [0, 0.05) is 13.0 Å². The maximum absolute atomic E-state index is 12.8. The minimum atomic E-state index is -4.75. The number of rotatable bonds is 3. The molecule has 0 radical (unpaired) electrons. The summed E-state index contributed by atoms with van der Waals surface area (Å²) < 4.78 is 43.7. The zero-order valence-corrected chi connectivity index (χ0v) is 12.7. The number of ether oxygens (including phenoxy) is 1. The monoisotopic (exact) mass is 339 g/mol. The van der Waals surface area contributed by atoms with E-state index in [1.54, 1.807) is 12.1 Å². The third kappa shape index (κ3) is 3.17. The number of likely N-dealkylation sites (tertiary alicyclic amines) is 1. The number of nitrogens with zero attached hydrogens (tertiary/aromatic N) is 1. The highest BCUT2D eigenvalue weighted by molar-refractivity contribution is 5.84. The molecule has 3 rings (SSSR count). The van der Waals surface area contributed by atoms with Crippen molar-refractivity contribution in [2.75, 3.05) is 19.7 Å². The molecule has 24 heavy (non-hydrogen) atoms. The Labute approximate surface area is 136 Å². The molecule has 1 amide bonds. The van der Waals surface area contributed by atoms with Crippen molar-refractivity contribution >= 4 is 16.7 Å². The molecule has 2 aromatic carbocycles. The van der Waals surface area contributed by atoms with Crippen molar-refractivity contribution in [2.24, 2.45) is 0 Å². The lowest BCUT2D eigenvalue weighted by Crippen LogP contribution is -2.48. The van der Waals surface area contributed by atoms with E-state index in [9.17, 15) is 23.1 Å². The van der Waals surface area contributed by atoms with E-state index in [0.717, 1.165) is 15.7 Å². The number of carbonyl (C=O) groups excluding carboxylic acids is 1. The Kier molecular flexibility index (Phi) is 4.13. The summed E-state index contributed by atoms with van der Waals surface area (Å²) in [7, 11) is 0. The van der Waals surface area contributed by atoms with Crippen LogP contribution in [0.2, 0.25) is 0 Å². The Bertz CT molecular complexity index is 762. The predicted molar refractivity (Wildman–Crippen MR) is 81.6 cm³/mol. The lowest BCUT2D eigenvalue weighted by Gasteiger charge is -2.25. The molecule has 0 aromatic heterocycles. The van der Waals surface area contributed by atoms with Crippen LogP contribution in [-0.4, -0.2) is 47.4 Å². The Morgan fingerprint density at radius 2 is 1.92 bits per heavy atom. The van der Waals surface area contributed by atoms with E-state index in [1.165, 1.54) is 0 Å². The number of fused-ring (bicyclic) bond motifs is 1. The van der Waals surface area contributed by atoms with E-state index >= 15 is 0 Å². The van der Waals surface area contributed by atoms with Crippen LogP contribution in [0.25, 0.3) is 10.8 Å². The van der Waals surface area contributed by atoms with Gasteiger partial charge in [-0.3, -0.25) is 4.79 Å². The first-order valence-electron chi connectivity index (χ1n) is 7.47. The molecule has 0 aliphatic carbocycles. The number of hydrogen-bond acceptors (Lipinski definition) is 3. The van der Waals surface area contributed by atoms with Crippen LogP contribution in [0.5, 0.6) is 5.75 Å². The van der Waals surface area contributed by atoms with Gasteiger partial charge in [-0.2, -0.15) is 13.2 Å². The first-order chi connectivity index (χ1) is 11.3. The van der Waals surface area contributed by atoms with Gasteiger partial charge in [0.15, 0.2) is 12.2 Å². The zero-order chi connectivity index (χ0) is 17.4. The maximum Gasteiger partial charge on any atom is 0.419 e. The van der Waals surface area contributed by atoms with E-state index in [0.29, 0.717) is 5.75 Å². The minimum Gasteiger partial charge on any atom is -0.484 e. The molecule has 0 saturated carbocycles. The first kappa shape index (κ1) is 16.6. The van der Waals surface area contributed by atoms with Gasteiger partial charge in [-0.05, 0) is 22.9 Å². The van der Waals surface area contributed by atoms with Gasteiger partial charge in [0.25, 0.3) is 5.91 Å². The molecular weight excluding hydrogens is 323 g/mol. The highest BCUT2D eigenvalue weighted by atomic mass is 19.4. The summed E-state index contributed by atoms with van der Waals surface area (Å²) in [4.78, 5) is 13.0. The molecule has 7 heteroatoms. The second kappa shape index (κ2) is 5.98. The summed E-state index contributed by atoms with van der Waals surface area (Å²) in [6.07, 6.45) is -5.26. The van der Waals surface area contributed by atoms with E-state index in [1.807, 2.05) is 30.3 Å². The second-order valence-corrected chi connectivity index (χ2v) is 5.89. The van der Waals surface area contributed by atoms with E-state index in [2.05, 4.69) is 0 Å². The quantitative estimate of drug-likeness (QED) is 0.935. The van der Waals surface area contributed by atoms with Gasteiger partial charge < -0.3 is 14.7 Å². The van der Waals surface area contributed by atoms with Crippen molar-refractivity contribution in [1.82, 2.24) is 4.90 Å². The van der Waals surface area contributed by atoms with Gasteiger partial charge >= 0.3 is 6.18 Å². The Morgan fingerprint density at radius 3 is 2.58 bits per heavy atom. The molecule has 0 bridgehead atoms. The summed E-state index contributed by atoms with van der Waals surface area (Å²) in [5.41, 5.74) is -2.83. The number of halogens is 3. The van der Waals surface area contributed by atoms with Crippen LogP contribution < -0.4 is 4.74 Å². The average molecular weight is 339 g/mol. The largest absolute Gasteiger partial charge is 0.484 e. The fourth-order valence-electron chi connectivity index (χ4n) is 2.73. The van der Waals surface area contributed by atoms with Crippen molar-refractivity contribution in [1.29, 1.82) is 0 Å². The van der Waals surface area contributed by atoms with Crippen LogP contribution in [0.3, 0.4) is 0 Å². The van der Waals surface area contributed by atoms with Crippen molar-refractivity contribution in [3.05, 3.63) is 42.5 Å². The molecule has 1 heterocycles. The number of hydrogen-bond donors (Lipinski definition) is 1. The number of β-amino-alcohol motifs (C(OH)–C–C–N with tert-alkyl or cyclic N) is 1. The summed E-state index contributed by atoms with van der Waals surface area (Å²) in [6, 6.07) is 12.9. The molecule has 1 unspecified atom stereocenters. The SMILES string of the molecule is O=C(COc1ccc2ccccc2c1)N1CCC(O)(C(F)(F)F)C1. The van der Waals surface area contributed by atoms with Crippen molar-refractivity contribution in [3.63, 3.8) is 0 Å². The molecule has 1 N–H and O–H groups in total. The smallest absolute Gasteiger partial charge is 0.419 e. The molecule has 128 valence electrons. The Hall–Kier alpha value is -2.28. The van der Waals surface area contributed by atoms with E-state index in [-0.39, 0.29) is 13.2 Å². The number of amides is 1. The standard InChI is InChI=1S/C17H16F3NO3/c18-17(19,20)16(23)7-8-21(11-16)15(22)10-24-14-6-5-12-3-1-2-4-13(12)9-14/h1-6,9,23H,7-8,10-11H2. The molecule has 1 atom stereocenters. The lowest BCUT2D eigenvalue weighted by molar-refractivity contribution is -0.253. The summed E-state index contributed by atoms with van der Waals surface area (Å²) in [6.45, 7) is -1.27. The van der Waals surface area contributed by atoms with Gasteiger partial charge in [-0.1, -0.05) is 30.3 Å². The molecule has 1 saturated heterocycles. The number of benzene rings is 2. The molecule has 1 aliphatic rings. The molecule has 1 aliphatic heterocycles. The van der Waals surface area contributed by atoms with Gasteiger partial charge in [0.2, 0.25) is 0 Å². The molecule has 0 spiro atoms. The van der Waals surface area contributed by atoms with Crippen LogP contribution in [0.1, 0.15) is 6.42 Å². The van der Waals surface area contributed by atoms with Crippen LogP contribution in [0.15, 0.2) is 42.5 Å². The van der Waals surface area contributed by atoms with Gasteiger partial charge in [0.1, 0.15) is 5.75 Å². The maximum atomic E-state index is 12.8. The number of aliphatic hydroxyl groups is 1. The van der Waals surface area contributed by atoms with Gasteiger partial charge in [-0.15, -0.1) is 0 Å². The van der Waals surface area contributed by atoms with E-state index < -0.39 is 30.7 Å². The average Bonchev–Trinajstić information content (AvgIpc) is 2.96. The van der Waals surface area contributed by atoms with Crippen LogP contribution in [0, 0.1) is 0 Å². The third-order valence-corrected chi connectivity index (χ3v) is 4.21. The number of carbonyl (C=O) groups is 1. The predicted octanol–water partition coefficient (Wildman–Crippen LogP) is 2.74. The van der Waals surface area contributed by atoms with Crippen LogP contribution in [0.4, 0.5) is 13.2 Å². The fourth-order valence-corrected chi connectivity index (χ4v) is 2.73. The molecule has 4 nitrogen and oxygen atoms in total. The first-order valence-corrected chi connectivity index (χ1v) is 7.47. The van der Waals surface area contributed by atoms with Crippen molar-refractivity contribution in [2.45, 2.75) is 18.2 Å². The zero-order valence-electron chi connectivity index (χ0n) is 12.7. The van der Waals surface area contributed by atoms with Gasteiger partial charge in [0.05, 0.1) is 6.54 Å². The molecule has 2 aromatic rings. The second-order valence-electron chi connectivity index (χ2n) is 5.89. The van der Waals surface area contributed by atoms with Crippen LogP contribution in [-0.2, 0) is 4.79 Å².